The Morgan fingerprint density at radius 2 is 2.07 bits per heavy atom. The minimum Gasteiger partial charge on any atom is -0.287 e. The Hall–Kier alpha value is -1.03. The average Bonchev–Trinajstić information content (AvgIpc) is 2.15. The first-order valence-electron chi connectivity index (χ1n) is 4.85. The van der Waals surface area contributed by atoms with Gasteiger partial charge in [0.2, 0.25) is 0 Å². The molecule has 0 aliphatic rings. The zero-order valence-electron chi connectivity index (χ0n) is 9.73. The van der Waals surface area contributed by atoms with Crippen LogP contribution in [0.3, 0.4) is 0 Å². The van der Waals surface area contributed by atoms with E-state index in [1.807, 2.05) is 18.2 Å². The van der Waals surface area contributed by atoms with Gasteiger partial charge < -0.3 is 0 Å². The number of anilines is 1. The second kappa shape index (κ2) is 4.23. The fraction of sp³-hybridized carbons (Fsp3) is 0.455. The van der Waals surface area contributed by atoms with Gasteiger partial charge in [-0.2, -0.15) is 0 Å². The molecule has 84 valence electrons. The van der Waals surface area contributed by atoms with Gasteiger partial charge in [0.1, 0.15) is 5.82 Å². The number of nitrogens with zero attached hydrogens (tertiary/aromatic N) is 2. The SMILES string of the molecule is C=S(C)(=O)N(C)c1cccc(C(C)C)n1. The maximum absolute atomic E-state index is 11.7. The third-order valence-electron chi connectivity index (χ3n) is 2.25. The minimum absolute atomic E-state index is 0.371. The van der Waals surface area contributed by atoms with Gasteiger partial charge in [-0.15, -0.1) is 0 Å². The van der Waals surface area contributed by atoms with Gasteiger partial charge in [0, 0.05) is 28.7 Å². The molecular formula is C11H18N2OS. The highest BCUT2D eigenvalue weighted by atomic mass is 32.2. The zero-order chi connectivity index (χ0) is 11.6. The largest absolute Gasteiger partial charge is 0.287 e. The molecule has 0 aliphatic heterocycles. The molecule has 0 saturated heterocycles. The summed E-state index contributed by atoms with van der Waals surface area (Å²) in [4.78, 5) is 4.45. The Morgan fingerprint density at radius 1 is 1.47 bits per heavy atom. The first kappa shape index (κ1) is 12.0. The average molecular weight is 226 g/mol. The van der Waals surface area contributed by atoms with Crippen molar-refractivity contribution in [3.63, 3.8) is 0 Å². The van der Waals surface area contributed by atoms with Crippen LogP contribution < -0.4 is 4.31 Å². The quantitative estimate of drug-likeness (QED) is 0.738. The van der Waals surface area contributed by atoms with E-state index in [0.717, 1.165) is 5.69 Å². The van der Waals surface area contributed by atoms with E-state index < -0.39 is 9.71 Å². The van der Waals surface area contributed by atoms with Gasteiger partial charge in [0.05, 0.1) is 0 Å². The summed E-state index contributed by atoms with van der Waals surface area (Å²) >= 11 is 0. The summed E-state index contributed by atoms with van der Waals surface area (Å²) in [6.07, 6.45) is 1.61. The molecule has 0 fully saturated rings. The van der Waals surface area contributed by atoms with Crippen molar-refractivity contribution in [3.8, 4) is 0 Å². The normalized spacial score (nSPS) is 15.0. The Kier molecular flexibility index (Phi) is 3.39. The lowest BCUT2D eigenvalue weighted by Gasteiger charge is -2.20. The summed E-state index contributed by atoms with van der Waals surface area (Å²) in [6, 6.07) is 5.75. The van der Waals surface area contributed by atoms with Crippen LogP contribution in [0.15, 0.2) is 18.2 Å². The molecule has 1 aromatic rings. The lowest BCUT2D eigenvalue weighted by molar-refractivity contribution is 0.683. The molecule has 1 unspecified atom stereocenters. The molecule has 15 heavy (non-hydrogen) atoms. The Labute approximate surface area is 92.3 Å². The molecule has 3 nitrogen and oxygen atoms in total. The third kappa shape index (κ3) is 2.96. The molecule has 1 heterocycles. The summed E-state index contributed by atoms with van der Waals surface area (Å²) in [5, 5.41) is 0. The Balaban J connectivity index is 3.11. The van der Waals surface area contributed by atoms with E-state index in [4.69, 9.17) is 0 Å². The molecule has 1 aromatic heterocycles. The van der Waals surface area contributed by atoms with Gasteiger partial charge in [-0.05, 0) is 23.9 Å². The third-order valence-corrected chi connectivity index (χ3v) is 3.60. The van der Waals surface area contributed by atoms with E-state index in [9.17, 15) is 4.21 Å². The lowest BCUT2D eigenvalue weighted by Crippen LogP contribution is -2.25. The van der Waals surface area contributed by atoms with Crippen molar-refractivity contribution in [1.29, 1.82) is 0 Å². The van der Waals surface area contributed by atoms with Crippen LogP contribution in [0, 0.1) is 0 Å². The van der Waals surface area contributed by atoms with Crippen molar-refractivity contribution in [1.82, 2.24) is 4.98 Å². The molecule has 0 aromatic carbocycles. The van der Waals surface area contributed by atoms with Gasteiger partial charge in [-0.25, -0.2) is 9.19 Å². The predicted octanol–water partition coefficient (Wildman–Crippen LogP) is 1.90. The fourth-order valence-electron chi connectivity index (χ4n) is 1.13. The molecular weight excluding hydrogens is 208 g/mol. The van der Waals surface area contributed by atoms with Crippen LogP contribution in [0.2, 0.25) is 0 Å². The van der Waals surface area contributed by atoms with E-state index in [1.165, 1.54) is 0 Å². The zero-order valence-corrected chi connectivity index (χ0v) is 10.5. The smallest absolute Gasteiger partial charge is 0.139 e. The predicted molar refractivity (Wildman–Crippen MR) is 67.9 cm³/mol. The molecule has 0 aliphatic carbocycles. The second-order valence-corrected chi connectivity index (χ2v) is 6.50. The monoisotopic (exact) mass is 226 g/mol. The summed E-state index contributed by atoms with van der Waals surface area (Å²) in [6.45, 7) is 4.17. The summed E-state index contributed by atoms with van der Waals surface area (Å²) in [5.41, 5.74) is 1.00. The van der Waals surface area contributed by atoms with Gasteiger partial charge in [-0.1, -0.05) is 19.9 Å². The molecule has 0 spiro atoms. The van der Waals surface area contributed by atoms with E-state index in [-0.39, 0.29) is 0 Å². The van der Waals surface area contributed by atoms with Crippen molar-refractivity contribution in [2.24, 2.45) is 0 Å². The summed E-state index contributed by atoms with van der Waals surface area (Å²) in [7, 11) is -0.476. The first-order valence-corrected chi connectivity index (χ1v) is 6.94. The van der Waals surface area contributed by atoms with Crippen LogP contribution in [0.4, 0.5) is 5.82 Å². The summed E-state index contributed by atoms with van der Waals surface area (Å²) < 4.78 is 13.4. The van der Waals surface area contributed by atoms with Crippen molar-refractivity contribution in [3.05, 3.63) is 23.9 Å². The molecule has 0 radical (unpaired) electrons. The Bertz CT molecular complexity index is 438. The van der Waals surface area contributed by atoms with Crippen molar-refractivity contribution in [2.75, 3.05) is 17.6 Å². The van der Waals surface area contributed by atoms with Gasteiger partial charge in [0.15, 0.2) is 0 Å². The van der Waals surface area contributed by atoms with E-state index >= 15 is 0 Å². The molecule has 1 rings (SSSR count). The molecule has 0 N–H and O–H groups in total. The van der Waals surface area contributed by atoms with Crippen molar-refractivity contribution >= 4 is 21.4 Å². The van der Waals surface area contributed by atoms with E-state index in [0.29, 0.717) is 11.7 Å². The van der Waals surface area contributed by atoms with Crippen LogP contribution in [-0.2, 0) is 9.71 Å². The van der Waals surface area contributed by atoms with E-state index in [2.05, 4.69) is 24.7 Å². The van der Waals surface area contributed by atoms with Crippen LogP contribution in [0.5, 0.6) is 0 Å². The molecule has 4 heteroatoms. The number of hydrogen-bond acceptors (Lipinski definition) is 2. The molecule has 0 saturated carbocycles. The maximum Gasteiger partial charge on any atom is 0.139 e. The lowest BCUT2D eigenvalue weighted by atomic mass is 10.1. The number of rotatable bonds is 3. The second-order valence-electron chi connectivity index (χ2n) is 4.03. The van der Waals surface area contributed by atoms with Gasteiger partial charge in [0.25, 0.3) is 0 Å². The number of pyridine rings is 1. The van der Waals surface area contributed by atoms with Gasteiger partial charge >= 0.3 is 0 Å². The highest BCUT2D eigenvalue weighted by Gasteiger charge is 2.09. The highest BCUT2D eigenvalue weighted by Crippen LogP contribution is 2.17. The van der Waals surface area contributed by atoms with Crippen LogP contribution in [-0.4, -0.2) is 28.4 Å². The van der Waals surface area contributed by atoms with Gasteiger partial charge in [-0.3, -0.25) is 4.31 Å². The molecule has 1 atom stereocenters. The molecule has 0 amide bonds. The molecule has 0 bridgehead atoms. The topological polar surface area (TPSA) is 33.2 Å². The van der Waals surface area contributed by atoms with Crippen LogP contribution >= 0.6 is 0 Å². The highest BCUT2D eigenvalue weighted by molar-refractivity contribution is 8.00. The van der Waals surface area contributed by atoms with Crippen molar-refractivity contribution < 1.29 is 4.21 Å². The summed E-state index contributed by atoms with van der Waals surface area (Å²) in [5.74, 6) is 4.72. The van der Waals surface area contributed by atoms with Crippen molar-refractivity contribution in [2.45, 2.75) is 19.8 Å². The van der Waals surface area contributed by atoms with Crippen LogP contribution in [0.1, 0.15) is 25.5 Å². The standard InChI is InChI=1S/C11H18N2OS/c1-9(2)10-7-6-8-11(12-10)13(3)15(4,5)14/h6-9H,4H2,1-3,5H3. The fourth-order valence-corrected chi connectivity index (χ4v) is 1.63. The maximum atomic E-state index is 11.7. The van der Waals surface area contributed by atoms with E-state index in [1.54, 1.807) is 17.6 Å². The van der Waals surface area contributed by atoms with Crippen LogP contribution in [0.25, 0.3) is 0 Å². The number of hydrogen-bond donors (Lipinski definition) is 0. The minimum atomic E-state index is -2.23. The number of aromatic nitrogens is 1. The Morgan fingerprint density at radius 3 is 2.53 bits per heavy atom. The first-order chi connectivity index (χ1) is 6.82.